The van der Waals surface area contributed by atoms with Crippen LogP contribution in [0.1, 0.15) is 67.3 Å². The molecule has 0 bridgehead atoms. The van der Waals surface area contributed by atoms with Crippen molar-refractivity contribution in [1.29, 1.82) is 0 Å². The van der Waals surface area contributed by atoms with Crippen molar-refractivity contribution >= 4 is 12.0 Å². The molecule has 3 aliphatic rings. The predicted octanol–water partition coefficient (Wildman–Crippen LogP) is 4.67. The minimum Gasteiger partial charge on any atom is -0.478 e. The van der Waals surface area contributed by atoms with Gasteiger partial charge < -0.3 is 15.3 Å². The van der Waals surface area contributed by atoms with Gasteiger partial charge in [0.1, 0.15) is 0 Å². The Balaban J connectivity index is 1.45. The molecule has 0 aromatic heterocycles. The van der Waals surface area contributed by atoms with Gasteiger partial charge in [-0.1, -0.05) is 55.2 Å². The molecule has 0 radical (unpaired) electrons. The number of hydrogen-bond acceptors (Lipinski definition) is 3. The zero-order valence-corrected chi connectivity index (χ0v) is 16.9. The van der Waals surface area contributed by atoms with E-state index in [1.165, 1.54) is 24.8 Å². The molecule has 156 valence electrons. The smallest absolute Gasteiger partial charge is 0.335 e. The summed E-state index contributed by atoms with van der Waals surface area (Å²) in [6.07, 6.45) is 14.1. The Hall–Kier alpha value is -1.91. The van der Waals surface area contributed by atoms with Crippen molar-refractivity contribution in [2.75, 3.05) is 0 Å². The standard InChI is InChI=1S/C25H32O4/c26-23(17-6-2-1-3-7-17)12-11-21-20-10-9-18(22(20)15-24(21)27)13-16-5-4-8-19(14-16)25(28)29/h4-5,8,11-14,17,20-24,26-27H,1-3,6-7,9-10,15H2,(H,28,29)/t20-,21+,22-,23+,24+/m0/s1. The van der Waals surface area contributed by atoms with Crippen molar-refractivity contribution in [3.63, 3.8) is 0 Å². The summed E-state index contributed by atoms with van der Waals surface area (Å²) in [4.78, 5) is 11.2. The summed E-state index contributed by atoms with van der Waals surface area (Å²) >= 11 is 0. The second-order valence-corrected chi connectivity index (χ2v) is 9.11. The third-order valence-electron chi connectivity index (χ3n) is 7.34. The molecule has 3 fully saturated rings. The fraction of sp³-hybridized carbons (Fsp3) is 0.560. The molecule has 0 amide bonds. The molecule has 4 rings (SSSR count). The second-order valence-electron chi connectivity index (χ2n) is 9.11. The fourth-order valence-electron chi connectivity index (χ4n) is 5.79. The van der Waals surface area contributed by atoms with Crippen LogP contribution in [0, 0.1) is 23.7 Å². The van der Waals surface area contributed by atoms with Crippen molar-refractivity contribution in [1.82, 2.24) is 0 Å². The number of carboxylic acid groups (broad SMARTS) is 1. The summed E-state index contributed by atoms with van der Waals surface area (Å²) < 4.78 is 0. The van der Waals surface area contributed by atoms with Gasteiger partial charge in [0.15, 0.2) is 0 Å². The van der Waals surface area contributed by atoms with Gasteiger partial charge >= 0.3 is 5.97 Å². The van der Waals surface area contributed by atoms with E-state index < -0.39 is 12.1 Å². The molecule has 3 saturated carbocycles. The SMILES string of the molecule is O=C(O)c1cccc(C=C2CC[C@H]3[C@@H](C=C[C@@H](O)C4CCCCC4)[C@H](O)C[C@@H]23)c1. The van der Waals surface area contributed by atoms with Gasteiger partial charge in [0.05, 0.1) is 17.8 Å². The van der Waals surface area contributed by atoms with E-state index in [0.717, 1.165) is 37.7 Å². The highest BCUT2D eigenvalue weighted by Crippen LogP contribution is 2.51. The summed E-state index contributed by atoms with van der Waals surface area (Å²) in [5.41, 5.74) is 2.54. The first kappa shape index (κ1) is 20.4. The third kappa shape index (κ3) is 4.49. The molecule has 0 unspecified atom stereocenters. The molecule has 0 spiro atoms. The highest BCUT2D eigenvalue weighted by molar-refractivity contribution is 5.88. The molecule has 1 aromatic carbocycles. The molecule has 3 aliphatic carbocycles. The molecule has 29 heavy (non-hydrogen) atoms. The molecule has 4 heteroatoms. The maximum atomic E-state index is 11.2. The van der Waals surface area contributed by atoms with Gasteiger partial charge in [-0.3, -0.25) is 0 Å². The number of aliphatic hydroxyl groups excluding tert-OH is 2. The molecule has 0 aliphatic heterocycles. The van der Waals surface area contributed by atoms with E-state index in [-0.39, 0.29) is 12.0 Å². The Labute approximate surface area is 173 Å². The maximum absolute atomic E-state index is 11.2. The normalized spacial score (nSPS) is 32.7. The van der Waals surface area contributed by atoms with E-state index in [1.54, 1.807) is 18.2 Å². The van der Waals surface area contributed by atoms with E-state index in [0.29, 0.717) is 23.3 Å². The van der Waals surface area contributed by atoms with E-state index in [4.69, 9.17) is 0 Å². The second kappa shape index (κ2) is 8.85. The number of benzene rings is 1. The van der Waals surface area contributed by atoms with Crippen LogP contribution in [0.15, 0.2) is 42.0 Å². The third-order valence-corrected chi connectivity index (χ3v) is 7.34. The lowest BCUT2D eigenvalue weighted by atomic mass is 9.84. The Morgan fingerprint density at radius 1 is 1.14 bits per heavy atom. The van der Waals surface area contributed by atoms with E-state index >= 15 is 0 Å². The van der Waals surface area contributed by atoms with Gasteiger partial charge in [0, 0.05) is 5.92 Å². The predicted molar refractivity (Wildman–Crippen MR) is 113 cm³/mol. The largest absolute Gasteiger partial charge is 0.478 e. The van der Waals surface area contributed by atoms with Crippen molar-refractivity contribution in [2.24, 2.45) is 23.7 Å². The van der Waals surface area contributed by atoms with Crippen LogP contribution in [-0.4, -0.2) is 33.5 Å². The summed E-state index contributed by atoms with van der Waals surface area (Å²) in [6, 6.07) is 7.05. The molecular formula is C25H32O4. The molecule has 3 N–H and O–H groups in total. The Morgan fingerprint density at radius 3 is 2.69 bits per heavy atom. The average molecular weight is 397 g/mol. The number of allylic oxidation sites excluding steroid dienone is 1. The van der Waals surface area contributed by atoms with Gasteiger partial charge in [-0.25, -0.2) is 4.79 Å². The van der Waals surface area contributed by atoms with E-state index in [9.17, 15) is 20.1 Å². The average Bonchev–Trinajstić information content (AvgIpc) is 3.25. The Kier molecular flexibility index (Phi) is 6.21. The lowest BCUT2D eigenvalue weighted by Gasteiger charge is -2.25. The van der Waals surface area contributed by atoms with Crippen molar-refractivity contribution in [3.05, 3.63) is 53.1 Å². The topological polar surface area (TPSA) is 77.8 Å². The number of aromatic carboxylic acids is 1. The van der Waals surface area contributed by atoms with Crippen LogP contribution in [0.4, 0.5) is 0 Å². The summed E-state index contributed by atoms with van der Waals surface area (Å²) in [5, 5.41) is 30.4. The zero-order chi connectivity index (χ0) is 20.4. The monoisotopic (exact) mass is 396 g/mol. The molecular weight excluding hydrogens is 364 g/mol. The van der Waals surface area contributed by atoms with Crippen LogP contribution < -0.4 is 0 Å². The van der Waals surface area contributed by atoms with E-state index in [1.807, 2.05) is 12.1 Å². The molecule has 0 saturated heterocycles. The first-order valence-electron chi connectivity index (χ1n) is 11.1. The summed E-state index contributed by atoms with van der Waals surface area (Å²) in [7, 11) is 0. The van der Waals surface area contributed by atoms with Crippen LogP contribution in [-0.2, 0) is 0 Å². The van der Waals surface area contributed by atoms with Crippen LogP contribution in [0.5, 0.6) is 0 Å². The minimum atomic E-state index is -0.910. The quantitative estimate of drug-likeness (QED) is 0.632. The number of hydrogen-bond donors (Lipinski definition) is 3. The van der Waals surface area contributed by atoms with Crippen molar-refractivity contribution in [2.45, 2.75) is 63.6 Å². The van der Waals surface area contributed by atoms with Crippen molar-refractivity contribution in [3.8, 4) is 0 Å². The van der Waals surface area contributed by atoms with Crippen LogP contribution in [0.3, 0.4) is 0 Å². The Morgan fingerprint density at radius 2 is 1.93 bits per heavy atom. The molecule has 4 nitrogen and oxygen atoms in total. The van der Waals surface area contributed by atoms with Gasteiger partial charge in [0.2, 0.25) is 0 Å². The maximum Gasteiger partial charge on any atom is 0.335 e. The summed E-state index contributed by atoms with van der Waals surface area (Å²) in [6.45, 7) is 0. The number of carbonyl (C=O) groups is 1. The van der Waals surface area contributed by atoms with Crippen molar-refractivity contribution < 1.29 is 20.1 Å². The zero-order valence-electron chi connectivity index (χ0n) is 16.9. The number of carboxylic acids is 1. The van der Waals surface area contributed by atoms with Gasteiger partial charge in [-0.15, -0.1) is 0 Å². The van der Waals surface area contributed by atoms with Crippen LogP contribution >= 0.6 is 0 Å². The van der Waals surface area contributed by atoms with Crippen LogP contribution in [0.2, 0.25) is 0 Å². The Bertz CT molecular complexity index is 790. The fourth-order valence-corrected chi connectivity index (χ4v) is 5.79. The lowest BCUT2D eigenvalue weighted by Crippen LogP contribution is -2.22. The highest BCUT2D eigenvalue weighted by Gasteiger charge is 2.45. The molecule has 1 aromatic rings. The first-order valence-corrected chi connectivity index (χ1v) is 11.1. The highest BCUT2D eigenvalue weighted by atomic mass is 16.4. The van der Waals surface area contributed by atoms with Gasteiger partial charge in [-0.2, -0.15) is 0 Å². The lowest BCUT2D eigenvalue weighted by molar-refractivity contribution is 0.0696. The van der Waals surface area contributed by atoms with E-state index in [2.05, 4.69) is 12.2 Å². The number of aliphatic hydroxyl groups is 2. The van der Waals surface area contributed by atoms with Crippen LogP contribution in [0.25, 0.3) is 6.08 Å². The first-order chi connectivity index (χ1) is 14.0. The number of fused-ring (bicyclic) bond motifs is 1. The minimum absolute atomic E-state index is 0.106. The summed E-state index contributed by atoms with van der Waals surface area (Å²) in [5.74, 6) is 0.325. The molecule has 0 heterocycles. The van der Waals surface area contributed by atoms with Gasteiger partial charge in [-0.05, 0) is 67.6 Å². The molecule has 5 atom stereocenters. The van der Waals surface area contributed by atoms with Gasteiger partial charge in [0.25, 0.3) is 0 Å². The number of rotatable bonds is 5.